The molecule has 0 unspecified atom stereocenters. The Kier molecular flexibility index (Phi) is 3.58. The molecule has 0 radical (unpaired) electrons. The molecule has 0 aliphatic heterocycles. The third kappa shape index (κ3) is 2.82. The minimum absolute atomic E-state index is 0.606. The minimum atomic E-state index is 0.606. The largest absolute Gasteiger partial charge is 0.370 e. The number of hydrogen-bond acceptors (Lipinski definition) is 4. The lowest BCUT2D eigenvalue weighted by molar-refractivity contribution is 0.643. The lowest BCUT2D eigenvalue weighted by Crippen LogP contribution is -2.30. The van der Waals surface area contributed by atoms with Crippen LogP contribution in [0.5, 0.6) is 0 Å². The summed E-state index contributed by atoms with van der Waals surface area (Å²) in [5, 5.41) is 3.34. The summed E-state index contributed by atoms with van der Waals surface area (Å²) >= 11 is 0. The van der Waals surface area contributed by atoms with E-state index in [-0.39, 0.29) is 0 Å². The molecule has 0 bridgehead atoms. The Bertz CT molecular complexity index is 436. The van der Waals surface area contributed by atoms with Crippen molar-refractivity contribution in [1.82, 2.24) is 9.97 Å². The summed E-state index contributed by atoms with van der Waals surface area (Å²) in [4.78, 5) is 11.8. The number of anilines is 2. The van der Waals surface area contributed by atoms with Gasteiger partial charge in [-0.1, -0.05) is 12.8 Å². The Morgan fingerprint density at radius 3 is 2.58 bits per heavy atom. The molecule has 0 spiro atoms. The lowest BCUT2D eigenvalue weighted by atomic mass is 10.2. The molecule has 4 nitrogen and oxygen atoms in total. The smallest absolute Gasteiger partial charge is 0.136 e. The average Bonchev–Trinajstić information content (AvgIpc) is 3.13. The van der Waals surface area contributed by atoms with Gasteiger partial charge in [-0.05, 0) is 32.6 Å². The van der Waals surface area contributed by atoms with Gasteiger partial charge < -0.3 is 10.2 Å². The second-order valence-corrected chi connectivity index (χ2v) is 5.82. The minimum Gasteiger partial charge on any atom is -0.370 e. The maximum absolute atomic E-state index is 4.80. The molecule has 2 fully saturated rings. The van der Waals surface area contributed by atoms with Crippen LogP contribution in [0.4, 0.5) is 11.6 Å². The quantitative estimate of drug-likeness (QED) is 0.883. The van der Waals surface area contributed by atoms with Gasteiger partial charge in [-0.2, -0.15) is 0 Å². The standard InChI is InChI=1S/C15H24N4/c1-3-16-13-10-14(18-15(17-13)11-8-9-11)19(2)12-6-4-5-7-12/h10-12H,3-9H2,1-2H3,(H,16,17,18). The third-order valence-electron chi connectivity index (χ3n) is 4.26. The number of nitrogens with zero attached hydrogens (tertiary/aromatic N) is 3. The van der Waals surface area contributed by atoms with E-state index in [1.807, 2.05) is 0 Å². The molecule has 1 aromatic rings. The van der Waals surface area contributed by atoms with Gasteiger partial charge in [-0.15, -0.1) is 0 Å². The van der Waals surface area contributed by atoms with E-state index in [1.165, 1.54) is 38.5 Å². The summed E-state index contributed by atoms with van der Waals surface area (Å²) < 4.78 is 0. The zero-order valence-corrected chi connectivity index (χ0v) is 12.0. The van der Waals surface area contributed by atoms with E-state index < -0.39 is 0 Å². The predicted octanol–water partition coefficient (Wildman–Crippen LogP) is 3.16. The Labute approximate surface area is 115 Å². The van der Waals surface area contributed by atoms with Crippen LogP contribution in [0.25, 0.3) is 0 Å². The Hall–Kier alpha value is -1.32. The van der Waals surface area contributed by atoms with Gasteiger partial charge in [0, 0.05) is 31.6 Å². The second-order valence-electron chi connectivity index (χ2n) is 5.82. The first-order valence-corrected chi connectivity index (χ1v) is 7.63. The van der Waals surface area contributed by atoms with Gasteiger partial charge in [-0.3, -0.25) is 0 Å². The summed E-state index contributed by atoms with van der Waals surface area (Å²) in [5.74, 6) is 3.73. The van der Waals surface area contributed by atoms with Crippen LogP contribution >= 0.6 is 0 Å². The maximum atomic E-state index is 4.80. The molecular weight excluding hydrogens is 236 g/mol. The van der Waals surface area contributed by atoms with E-state index >= 15 is 0 Å². The summed E-state index contributed by atoms with van der Waals surface area (Å²) in [5.41, 5.74) is 0. The average molecular weight is 260 g/mol. The first-order chi connectivity index (χ1) is 9.28. The van der Waals surface area contributed by atoms with Crippen molar-refractivity contribution in [1.29, 1.82) is 0 Å². The Morgan fingerprint density at radius 1 is 1.21 bits per heavy atom. The number of rotatable bonds is 5. The van der Waals surface area contributed by atoms with Crippen molar-refractivity contribution in [2.45, 2.75) is 57.4 Å². The van der Waals surface area contributed by atoms with Crippen molar-refractivity contribution >= 4 is 11.6 Å². The van der Waals surface area contributed by atoms with Crippen molar-refractivity contribution in [3.8, 4) is 0 Å². The molecular formula is C15H24N4. The first-order valence-electron chi connectivity index (χ1n) is 7.63. The summed E-state index contributed by atoms with van der Waals surface area (Å²) in [6.45, 7) is 3.02. The van der Waals surface area contributed by atoms with Crippen molar-refractivity contribution in [3.63, 3.8) is 0 Å². The number of nitrogens with one attached hydrogen (secondary N) is 1. The molecule has 0 atom stereocenters. The number of hydrogen-bond donors (Lipinski definition) is 1. The molecule has 2 aliphatic carbocycles. The molecule has 1 heterocycles. The zero-order chi connectivity index (χ0) is 13.2. The number of aromatic nitrogens is 2. The molecule has 19 heavy (non-hydrogen) atoms. The molecule has 0 saturated heterocycles. The zero-order valence-electron chi connectivity index (χ0n) is 12.0. The van der Waals surface area contributed by atoms with Crippen molar-refractivity contribution in [2.24, 2.45) is 0 Å². The van der Waals surface area contributed by atoms with Crippen LogP contribution in [0.15, 0.2) is 6.07 Å². The van der Waals surface area contributed by atoms with E-state index in [2.05, 4.69) is 35.2 Å². The molecule has 1 N–H and O–H groups in total. The Balaban J connectivity index is 1.85. The van der Waals surface area contributed by atoms with Crippen molar-refractivity contribution in [3.05, 3.63) is 11.9 Å². The van der Waals surface area contributed by atoms with Crippen LogP contribution in [-0.2, 0) is 0 Å². The van der Waals surface area contributed by atoms with E-state index in [0.29, 0.717) is 12.0 Å². The summed E-state index contributed by atoms with van der Waals surface area (Å²) in [7, 11) is 2.19. The molecule has 2 aliphatic rings. The van der Waals surface area contributed by atoms with E-state index in [9.17, 15) is 0 Å². The van der Waals surface area contributed by atoms with Gasteiger partial charge in [0.15, 0.2) is 0 Å². The highest BCUT2D eigenvalue weighted by atomic mass is 15.2. The van der Waals surface area contributed by atoms with E-state index in [4.69, 9.17) is 4.98 Å². The van der Waals surface area contributed by atoms with Crippen LogP contribution in [0.2, 0.25) is 0 Å². The SMILES string of the molecule is CCNc1cc(N(C)C2CCCC2)nc(C2CC2)n1. The molecule has 4 heteroatoms. The van der Waals surface area contributed by atoms with E-state index in [0.717, 1.165) is 24.0 Å². The highest BCUT2D eigenvalue weighted by Crippen LogP contribution is 2.39. The predicted molar refractivity (Wildman–Crippen MR) is 78.8 cm³/mol. The van der Waals surface area contributed by atoms with Gasteiger partial charge >= 0.3 is 0 Å². The highest BCUT2D eigenvalue weighted by Gasteiger charge is 2.28. The fourth-order valence-corrected chi connectivity index (χ4v) is 2.91. The van der Waals surface area contributed by atoms with Gasteiger partial charge in [-0.25, -0.2) is 9.97 Å². The molecule has 104 valence electrons. The van der Waals surface area contributed by atoms with Gasteiger partial charge in [0.1, 0.15) is 17.5 Å². The fourth-order valence-electron chi connectivity index (χ4n) is 2.91. The first kappa shape index (κ1) is 12.7. The Morgan fingerprint density at radius 2 is 1.95 bits per heavy atom. The van der Waals surface area contributed by atoms with Gasteiger partial charge in [0.25, 0.3) is 0 Å². The second kappa shape index (κ2) is 5.35. The van der Waals surface area contributed by atoms with E-state index in [1.54, 1.807) is 0 Å². The highest BCUT2D eigenvalue weighted by molar-refractivity contribution is 5.50. The maximum Gasteiger partial charge on any atom is 0.136 e. The monoisotopic (exact) mass is 260 g/mol. The normalized spacial score (nSPS) is 19.7. The van der Waals surface area contributed by atoms with Gasteiger partial charge in [0.2, 0.25) is 0 Å². The fraction of sp³-hybridized carbons (Fsp3) is 0.733. The third-order valence-corrected chi connectivity index (χ3v) is 4.26. The van der Waals surface area contributed by atoms with Crippen molar-refractivity contribution < 1.29 is 0 Å². The molecule has 2 saturated carbocycles. The van der Waals surface area contributed by atoms with Crippen LogP contribution in [0.3, 0.4) is 0 Å². The van der Waals surface area contributed by atoms with Crippen LogP contribution < -0.4 is 10.2 Å². The molecule has 3 rings (SSSR count). The topological polar surface area (TPSA) is 41.0 Å². The summed E-state index contributed by atoms with van der Waals surface area (Å²) in [6.07, 6.45) is 7.82. The molecule has 0 amide bonds. The molecule has 0 aromatic carbocycles. The van der Waals surface area contributed by atoms with Crippen LogP contribution in [0, 0.1) is 0 Å². The molecule has 1 aromatic heterocycles. The summed E-state index contributed by atoms with van der Waals surface area (Å²) in [6, 6.07) is 2.77. The van der Waals surface area contributed by atoms with Gasteiger partial charge in [0.05, 0.1) is 0 Å². The van der Waals surface area contributed by atoms with Crippen molar-refractivity contribution in [2.75, 3.05) is 23.8 Å². The lowest BCUT2D eigenvalue weighted by Gasteiger charge is -2.26. The van der Waals surface area contributed by atoms with Crippen LogP contribution in [-0.4, -0.2) is 29.6 Å². The van der Waals surface area contributed by atoms with Crippen LogP contribution in [0.1, 0.15) is 57.2 Å².